The third-order valence-corrected chi connectivity index (χ3v) is 14.2. The largest absolute Gasteiger partial charge is 0.397 e. The Hall–Kier alpha value is -9.17. The van der Waals surface area contributed by atoms with Crippen molar-refractivity contribution in [3.8, 4) is 16.8 Å². The topological polar surface area (TPSA) is 201 Å². The third-order valence-electron chi connectivity index (χ3n) is 14.2. The number of benzene rings is 5. The molecule has 3 aromatic heterocycles. The van der Waals surface area contributed by atoms with Crippen molar-refractivity contribution in [3.63, 3.8) is 0 Å². The Bertz CT molecular complexity index is 3590. The fraction of sp³-hybridized carbons (Fsp3) is 0.246. The van der Waals surface area contributed by atoms with Crippen LogP contribution in [0.15, 0.2) is 174 Å². The highest BCUT2D eigenvalue weighted by molar-refractivity contribution is 6.13. The Morgan fingerprint density at radius 1 is 0.570 bits per heavy atom. The van der Waals surface area contributed by atoms with Crippen LogP contribution < -0.4 is 42.6 Å². The number of nitrogens with one attached hydrogen (secondary N) is 5. The summed E-state index contributed by atoms with van der Waals surface area (Å²) < 4.78 is 2.18. The number of anilines is 5. The van der Waals surface area contributed by atoms with Crippen molar-refractivity contribution < 1.29 is 14.2 Å². The van der Waals surface area contributed by atoms with Gasteiger partial charge in [0.15, 0.2) is 5.82 Å². The second-order valence-electron chi connectivity index (χ2n) is 20.2. The van der Waals surface area contributed by atoms with E-state index in [2.05, 4.69) is 75.8 Å². The van der Waals surface area contributed by atoms with E-state index in [1.54, 1.807) is 0 Å². The number of amides is 2. The zero-order valence-electron chi connectivity index (χ0n) is 45.8. The number of aryl methyl sites for hydroxylation is 3. The molecule has 0 atom stereocenters. The first-order valence-corrected chi connectivity index (χ1v) is 27.4. The van der Waals surface area contributed by atoms with Crippen LogP contribution in [0.25, 0.3) is 39.0 Å². The molecule has 9 N–H and O–H groups in total. The van der Waals surface area contributed by atoms with Crippen molar-refractivity contribution in [2.45, 2.75) is 79.1 Å². The van der Waals surface area contributed by atoms with Gasteiger partial charge >= 0.3 is 0 Å². The summed E-state index contributed by atoms with van der Waals surface area (Å²) in [4.78, 5) is 45.2. The highest BCUT2D eigenvalue weighted by atomic mass is 16.2. The molecule has 0 saturated heterocycles. The lowest BCUT2D eigenvalue weighted by Gasteiger charge is -2.18. The van der Waals surface area contributed by atoms with Crippen LogP contribution in [0, 0.1) is 20.8 Å². The molecule has 0 aliphatic heterocycles. The maximum atomic E-state index is 13.0. The number of carbonyl (C=O) groups is 2. The van der Waals surface area contributed by atoms with Gasteiger partial charge in [-0.2, -0.15) is 0 Å². The van der Waals surface area contributed by atoms with Crippen molar-refractivity contribution >= 4 is 74.0 Å². The average Bonchev–Trinajstić information content (AvgIpc) is 3.46. The van der Waals surface area contributed by atoms with Gasteiger partial charge in [-0.25, -0.2) is 19.9 Å². The molecule has 79 heavy (non-hydrogen) atoms. The molecule has 0 saturated carbocycles. The SMILES string of the molecule is C=C1C=C(NCCCCCCNC(=O)c2ccc(-c3ccc(C(=O)NCCCCCCNc4cc5c(cc4C)nc4nc(C)c(N)cc4[n+]5-c4ccccc4)cc3)cc2)C(C)=CC1=Nc1nc(C)c(N)cc1Nc1ccccc1. The standard InChI is InChI=1S/C65H70N12O2/c1-42-37-57(75-62-59(39-53(66)45(4)72-62)74-51-20-12-10-13-21-51)44(3)36-55(42)68-32-16-6-8-18-34-70-64(78)49-28-24-47(25-29-49)48-26-30-50(31-27-48)65(79)71-35-19-9-7-17-33-69-56-41-60-58(38-43(56)2)76-63-61(40-54(67)46(5)73-63)77(60)52-22-14-11-15-23-52/h10-15,20-31,36-41,68,74H,3,6-9,16-19,32-35,66H2,1-2,4-5H3,(H4,67,69,70,71,78,79)/p+1. The summed E-state index contributed by atoms with van der Waals surface area (Å²) in [7, 11) is 0. The molecule has 0 bridgehead atoms. The lowest BCUT2D eigenvalue weighted by Crippen LogP contribution is -2.33. The average molecular weight is 1050 g/mol. The molecule has 402 valence electrons. The van der Waals surface area contributed by atoms with E-state index < -0.39 is 0 Å². The molecule has 0 radical (unpaired) electrons. The first-order chi connectivity index (χ1) is 38.4. The number of nitrogen functional groups attached to an aromatic ring is 2. The lowest BCUT2D eigenvalue weighted by molar-refractivity contribution is -0.538. The zero-order valence-corrected chi connectivity index (χ0v) is 45.8. The molecule has 0 unspecified atom stereocenters. The van der Waals surface area contributed by atoms with Crippen LogP contribution in [0.4, 0.5) is 34.3 Å². The van der Waals surface area contributed by atoms with Crippen LogP contribution in [0.1, 0.15) is 96.0 Å². The van der Waals surface area contributed by atoms with Crippen molar-refractivity contribution in [3.05, 3.63) is 197 Å². The molecule has 8 aromatic rings. The maximum absolute atomic E-state index is 13.0. The Morgan fingerprint density at radius 2 is 1.13 bits per heavy atom. The number of hydrogen-bond donors (Lipinski definition) is 7. The van der Waals surface area contributed by atoms with Gasteiger partial charge in [0.05, 0.1) is 34.2 Å². The Balaban J connectivity index is 0.645. The van der Waals surface area contributed by atoms with Crippen LogP contribution in [-0.2, 0) is 0 Å². The van der Waals surface area contributed by atoms with Gasteiger partial charge in [0.2, 0.25) is 16.9 Å². The highest BCUT2D eigenvalue weighted by Gasteiger charge is 2.23. The third kappa shape index (κ3) is 13.9. The van der Waals surface area contributed by atoms with Crippen LogP contribution in [-0.4, -0.2) is 58.7 Å². The molecule has 5 aromatic carbocycles. The van der Waals surface area contributed by atoms with Gasteiger partial charge in [0.1, 0.15) is 5.52 Å². The maximum Gasteiger partial charge on any atom is 0.258 e. The number of nitrogens with zero attached hydrogens (tertiary/aromatic N) is 5. The fourth-order valence-electron chi connectivity index (χ4n) is 9.58. The Kier molecular flexibility index (Phi) is 17.8. The molecule has 3 heterocycles. The van der Waals surface area contributed by atoms with Crippen LogP contribution in [0.5, 0.6) is 0 Å². The normalized spacial score (nSPS) is 12.8. The monoisotopic (exact) mass is 1050 g/mol. The van der Waals surface area contributed by atoms with Gasteiger partial charge in [0.25, 0.3) is 17.3 Å². The van der Waals surface area contributed by atoms with E-state index in [1.807, 2.05) is 135 Å². The predicted octanol–water partition coefficient (Wildman–Crippen LogP) is 12.4. The Labute approximate surface area is 463 Å². The van der Waals surface area contributed by atoms with Gasteiger partial charge in [-0.1, -0.05) is 92.9 Å². The number of pyridine rings is 2. The first-order valence-electron chi connectivity index (χ1n) is 27.4. The van der Waals surface area contributed by atoms with Gasteiger partial charge in [-0.3, -0.25) is 9.59 Å². The van der Waals surface area contributed by atoms with Gasteiger partial charge < -0.3 is 38.1 Å². The molecule has 0 spiro atoms. The van der Waals surface area contributed by atoms with Crippen molar-refractivity contribution in [1.29, 1.82) is 0 Å². The zero-order chi connectivity index (χ0) is 55.3. The van der Waals surface area contributed by atoms with E-state index in [-0.39, 0.29) is 11.8 Å². The number of para-hydroxylation sites is 2. The highest BCUT2D eigenvalue weighted by Crippen LogP contribution is 2.32. The van der Waals surface area contributed by atoms with E-state index >= 15 is 0 Å². The lowest BCUT2D eigenvalue weighted by atomic mass is 9.99. The van der Waals surface area contributed by atoms with Crippen LogP contribution >= 0.6 is 0 Å². The second-order valence-corrected chi connectivity index (χ2v) is 20.2. The van der Waals surface area contributed by atoms with Crippen molar-refractivity contribution in [2.75, 3.05) is 48.3 Å². The number of allylic oxidation sites excluding steroid dienone is 4. The number of rotatable bonds is 23. The second kappa shape index (κ2) is 25.8. The molecule has 9 rings (SSSR count). The fourth-order valence-corrected chi connectivity index (χ4v) is 9.58. The quantitative estimate of drug-likeness (QED) is 0.0184. The number of hydrogen-bond acceptors (Lipinski definition) is 11. The molecular weight excluding hydrogens is 981 g/mol. The summed E-state index contributed by atoms with van der Waals surface area (Å²) >= 11 is 0. The summed E-state index contributed by atoms with van der Waals surface area (Å²) in [6.45, 7) is 15.1. The predicted molar refractivity (Wildman–Crippen MR) is 324 cm³/mol. The van der Waals surface area contributed by atoms with Gasteiger partial charge in [-0.05, 0) is 142 Å². The minimum Gasteiger partial charge on any atom is -0.397 e. The summed E-state index contributed by atoms with van der Waals surface area (Å²) in [6.07, 6.45) is 12.0. The van der Waals surface area contributed by atoms with Crippen LogP contribution in [0.3, 0.4) is 0 Å². The minimum atomic E-state index is -0.0854. The van der Waals surface area contributed by atoms with E-state index in [0.29, 0.717) is 47.1 Å². The Morgan fingerprint density at radius 3 is 1.75 bits per heavy atom. The molecule has 14 nitrogen and oxygen atoms in total. The van der Waals surface area contributed by atoms with Crippen molar-refractivity contribution in [2.24, 2.45) is 4.99 Å². The summed E-state index contributed by atoms with van der Waals surface area (Å²) in [5.41, 5.74) is 30.3. The number of unbranched alkanes of at least 4 members (excludes halogenated alkanes) is 6. The van der Waals surface area contributed by atoms with E-state index in [1.165, 1.54) is 0 Å². The number of fused-ring (bicyclic) bond motifs is 2. The number of nitrogens with two attached hydrogens (primary N) is 2. The molecule has 0 fully saturated rings. The van der Waals surface area contributed by atoms with Gasteiger partial charge in [-0.15, -0.1) is 4.57 Å². The first kappa shape index (κ1) is 54.6. The molecule has 1 aliphatic rings. The summed E-state index contributed by atoms with van der Waals surface area (Å²) in [5.74, 6) is 0.384. The molecule has 14 heteroatoms. The summed E-state index contributed by atoms with van der Waals surface area (Å²) in [6, 6.07) is 43.4. The van der Waals surface area contributed by atoms with Crippen LogP contribution in [0.2, 0.25) is 0 Å². The minimum absolute atomic E-state index is 0.0830. The molecule has 2 amide bonds. The van der Waals surface area contributed by atoms with Crippen molar-refractivity contribution in [1.82, 2.24) is 30.9 Å². The van der Waals surface area contributed by atoms with E-state index in [4.69, 9.17) is 31.4 Å². The molecular formula is C65H71N12O2+. The van der Waals surface area contributed by atoms with E-state index in [0.717, 1.165) is 154 Å². The number of aromatic nitrogens is 4. The smallest absolute Gasteiger partial charge is 0.258 e. The number of carbonyl (C=O) groups excluding carboxylic acids is 2. The van der Waals surface area contributed by atoms with E-state index in [9.17, 15) is 9.59 Å². The number of aliphatic imine (C=N–C) groups is 1. The molecule has 1 aliphatic carbocycles. The van der Waals surface area contributed by atoms with Gasteiger partial charge in [0, 0.05) is 78.6 Å². The summed E-state index contributed by atoms with van der Waals surface area (Å²) in [5, 5.41) is 16.8.